The number of anilines is 1. The lowest BCUT2D eigenvalue weighted by Gasteiger charge is -2.15. The molecule has 4 nitrogen and oxygen atoms in total. The summed E-state index contributed by atoms with van der Waals surface area (Å²) >= 11 is 5.80. The predicted molar refractivity (Wildman–Crippen MR) is 85.1 cm³/mol. The zero-order chi connectivity index (χ0) is 18.1. The minimum atomic E-state index is -4.85. The number of benzene rings is 2. The molecule has 24 heavy (non-hydrogen) atoms. The van der Waals surface area contributed by atoms with Crippen molar-refractivity contribution in [1.82, 2.24) is 0 Å². The maximum Gasteiger partial charge on any atom is 0.417 e. The van der Waals surface area contributed by atoms with E-state index in [4.69, 9.17) is 22.1 Å². The van der Waals surface area contributed by atoms with Crippen molar-refractivity contribution in [1.29, 1.82) is 0 Å². The van der Waals surface area contributed by atoms with Gasteiger partial charge in [-0.3, -0.25) is 0 Å². The second-order valence-electron chi connectivity index (χ2n) is 4.84. The predicted octanol–water partition coefficient (Wildman–Crippen LogP) is 4.53. The molecule has 2 aromatic carbocycles. The Morgan fingerprint density at radius 3 is 2.42 bits per heavy atom. The van der Waals surface area contributed by atoms with Gasteiger partial charge in [-0.05, 0) is 30.3 Å². The zero-order valence-electron chi connectivity index (χ0n) is 12.4. The van der Waals surface area contributed by atoms with E-state index in [-0.39, 0.29) is 17.2 Å². The maximum atomic E-state index is 13.2. The minimum absolute atomic E-state index is 0.0710. The lowest BCUT2D eigenvalue weighted by atomic mass is 10.2. The summed E-state index contributed by atoms with van der Waals surface area (Å²) in [7, 11) is -4.04. The summed E-state index contributed by atoms with van der Waals surface area (Å²) in [6.45, 7) is 1.27. The van der Waals surface area contributed by atoms with Gasteiger partial charge in [0.1, 0.15) is 5.75 Å². The molecule has 0 amide bonds. The molecule has 0 saturated carbocycles. The first-order chi connectivity index (χ1) is 11.0. The SMILES string of the molecule is CCS(=O)(=O)c1ccc(Oc2cc(Cl)ccc2N)cc1C(F)(F)F. The quantitative estimate of drug-likeness (QED) is 0.792. The molecule has 0 atom stereocenters. The van der Waals surface area contributed by atoms with Crippen molar-refractivity contribution >= 4 is 27.1 Å². The van der Waals surface area contributed by atoms with Gasteiger partial charge in [0.2, 0.25) is 0 Å². The molecule has 0 radical (unpaired) electrons. The summed E-state index contributed by atoms with van der Waals surface area (Å²) in [5.41, 5.74) is 4.57. The molecule has 0 heterocycles. The van der Waals surface area contributed by atoms with Crippen LogP contribution in [0.3, 0.4) is 0 Å². The first-order valence-electron chi connectivity index (χ1n) is 6.71. The number of hydrogen-bond donors (Lipinski definition) is 1. The van der Waals surface area contributed by atoms with Crippen molar-refractivity contribution in [2.45, 2.75) is 18.0 Å². The van der Waals surface area contributed by atoms with Gasteiger partial charge in [0.15, 0.2) is 15.6 Å². The first kappa shape index (κ1) is 18.4. The van der Waals surface area contributed by atoms with Crippen LogP contribution < -0.4 is 10.5 Å². The van der Waals surface area contributed by atoms with E-state index in [9.17, 15) is 21.6 Å². The van der Waals surface area contributed by atoms with Crippen LogP contribution in [0.15, 0.2) is 41.3 Å². The van der Waals surface area contributed by atoms with E-state index >= 15 is 0 Å². The fourth-order valence-corrected chi connectivity index (χ4v) is 3.20. The highest BCUT2D eigenvalue weighted by Gasteiger charge is 2.37. The fraction of sp³-hybridized carbons (Fsp3) is 0.200. The van der Waals surface area contributed by atoms with Gasteiger partial charge in [-0.1, -0.05) is 18.5 Å². The van der Waals surface area contributed by atoms with E-state index in [0.717, 1.165) is 12.1 Å². The summed E-state index contributed by atoms with van der Waals surface area (Å²) in [6.07, 6.45) is -4.85. The molecule has 0 spiro atoms. The van der Waals surface area contributed by atoms with Crippen molar-refractivity contribution in [3.8, 4) is 11.5 Å². The molecule has 0 aromatic heterocycles. The van der Waals surface area contributed by atoms with Crippen LogP contribution in [0.25, 0.3) is 0 Å². The molecule has 130 valence electrons. The van der Waals surface area contributed by atoms with Crippen LogP contribution in [0.1, 0.15) is 12.5 Å². The van der Waals surface area contributed by atoms with E-state index in [1.54, 1.807) is 0 Å². The van der Waals surface area contributed by atoms with Gasteiger partial charge < -0.3 is 10.5 Å². The number of rotatable bonds is 4. The highest BCUT2D eigenvalue weighted by atomic mass is 35.5. The van der Waals surface area contributed by atoms with Crippen LogP contribution in [-0.2, 0) is 16.0 Å². The van der Waals surface area contributed by atoms with Crippen molar-refractivity contribution in [3.05, 3.63) is 47.0 Å². The van der Waals surface area contributed by atoms with Gasteiger partial charge in [-0.2, -0.15) is 13.2 Å². The van der Waals surface area contributed by atoms with Gasteiger partial charge in [0, 0.05) is 11.1 Å². The van der Waals surface area contributed by atoms with Crippen molar-refractivity contribution in [2.75, 3.05) is 11.5 Å². The van der Waals surface area contributed by atoms with E-state index < -0.39 is 32.2 Å². The molecule has 0 saturated heterocycles. The third-order valence-corrected chi connectivity index (χ3v) is 5.20. The minimum Gasteiger partial charge on any atom is -0.455 e. The van der Waals surface area contributed by atoms with Crippen molar-refractivity contribution in [3.63, 3.8) is 0 Å². The second kappa shape index (κ2) is 6.52. The fourth-order valence-electron chi connectivity index (χ4n) is 1.94. The molecule has 9 heteroatoms. The third kappa shape index (κ3) is 3.93. The molecule has 0 aliphatic carbocycles. The van der Waals surface area contributed by atoms with E-state index in [2.05, 4.69) is 0 Å². The Kier molecular flexibility index (Phi) is 5.00. The van der Waals surface area contributed by atoms with Crippen LogP contribution >= 0.6 is 11.6 Å². The normalized spacial score (nSPS) is 12.2. The summed E-state index contributed by atoms with van der Waals surface area (Å²) in [6, 6.07) is 6.93. The van der Waals surface area contributed by atoms with Gasteiger partial charge >= 0.3 is 6.18 Å². The topological polar surface area (TPSA) is 69.4 Å². The Morgan fingerprint density at radius 1 is 1.17 bits per heavy atom. The molecule has 0 unspecified atom stereocenters. The Bertz CT molecular complexity index is 867. The number of alkyl halides is 3. The zero-order valence-corrected chi connectivity index (χ0v) is 14.0. The number of sulfone groups is 1. The second-order valence-corrected chi connectivity index (χ2v) is 7.53. The average Bonchev–Trinajstić information content (AvgIpc) is 2.50. The largest absolute Gasteiger partial charge is 0.455 e. The number of nitrogen functional groups attached to an aromatic ring is 1. The highest BCUT2D eigenvalue weighted by Crippen LogP contribution is 2.38. The average molecular weight is 380 g/mol. The molecular weight excluding hydrogens is 367 g/mol. The Hall–Kier alpha value is -1.93. The molecule has 0 aliphatic rings. The summed E-state index contributed by atoms with van der Waals surface area (Å²) in [5.74, 6) is -0.578. The summed E-state index contributed by atoms with van der Waals surface area (Å²) in [4.78, 5) is -0.788. The molecular formula is C15H13ClF3NO3S. The van der Waals surface area contributed by atoms with Crippen molar-refractivity contribution < 1.29 is 26.3 Å². The number of nitrogens with two attached hydrogens (primary N) is 1. The Morgan fingerprint density at radius 2 is 1.83 bits per heavy atom. The highest BCUT2D eigenvalue weighted by molar-refractivity contribution is 7.91. The third-order valence-electron chi connectivity index (χ3n) is 3.17. The van der Waals surface area contributed by atoms with E-state index in [1.165, 1.54) is 25.1 Å². The molecule has 2 aromatic rings. The number of halogens is 4. The van der Waals surface area contributed by atoms with Gasteiger partial charge in [0.25, 0.3) is 0 Å². The standard InChI is InChI=1S/C15H13ClF3NO3S/c1-2-24(21,22)14-6-4-10(8-11(14)15(17,18)19)23-13-7-9(16)3-5-12(13)20/h3-8H,2,20H2,1H3. The molecule has 0 aliphatic heterocycles. The first-order valence-corrected chi connectivity index (χ1v) is 8.74. The van der Waals surface area contributed by atoms with Crippen LogP contribution in [0.5, 0.6) is 11.5 Å². The maximum absolute atomic E-state index is 13.2. The van der Waals surface area contributed by atoms with Gasteiger partial charge in [0.05, 0.1) is 21.9 Å². The van der Waals surface area contributed by atoms with Gasteiger partial charge in [-0.15, -0.1) is 0 Å². The number of hydrogen-bond acceptors (Lipinski definition) is 4. The molecule has 2 rings (SSSR count). The van der Waals surface area contributed by atoms with Gasteiger partial charge in [-0.25, -0.2) is 8.42 Å². The summed E-state index contributed by atoms with van der Waals surface area (Å²) in [5, 5.41) is 0.292. The lowest BCUT2D eigenvalue weighted by molar-refractivity contribution is -0.140. The molecule has 0 bridgehead atoms. The smallest absolute Gasteiger partial charge is 0.417 e. The van der Waals surface area contributed by atoms with E-state index in [0.29, 0.717) is 11.1 Å². The van der Waals surface area contributed by atoms with E-state index in [1.807, 2.05) is 0 Å². The monoisotopic (exact) mass is 379 g/mol. The Labute approximate surface area is 141 Å². The van der Waals surface area contributed by atoms with Crippen LogP contribution in [0.4, 0.5) is 18.9 Å². The Balaban J connectivity index is 2.53. The molecule has 0 fully saturated rings. The van der Waals surface area contributed by atoms with Crippen LogP contribution in [0, 0.1) is 0 Å². The van der Waals surface area contributed by atoms with Crippen LogP contribution in [0.2, 0.25) is 5.02 Å². The van der Waals surface area contributed by atoms with Crippen molar-refractivity contribution in [2.24, 2.45) is 0 Å². The lowest BCUT2D eigenvalue weighted by Crippen LogP contribution is -2.14. The van der Waals surface area contributed by atoms with Crippen LogP contribution in [-0.4, -0.2) is 14.2 Å². The molecule has 2 N–H and O–H groups in total. The summed E-state index contributed by atoms with van der Waals surface area (Å²) < 4.78 is 68.7. The number of ether oxygens (including phenoxy) is 1.